The monoisotopic (exact) mass is 1370 g/mol. The van der Waals surface area contributed by atoms with Gasteiger partial charge >= 0.3 is 18.2 Å². The van der Waals surface area contributed by atoms with E-state index in [-0.39, 0.29) is 137 Å². The molecule has 0 saturated carbocycles. The molecule has 536 valence electrons. The van der Waals surface area contributed by atoms with Crippen molar-refractivity contribution in [2.24, 2.45) is 23.5 Å². The highest BCUT2D eigenvalue weighted by atomic mass is 16.8. The predicted octanol–water partition coefficient (Wildman–Crippen LogP) is 8.23. The minimum absolute atomic E-state index is 0.00169. The van der Waals surface area contributed by atoms with Gasteiger partial charge in [-0.3, -0.25) is 14.4 Å². The molecule has 10 heterocycles. The van der Waals surface area contributed by atoms with Gasteiger partial charge in [-0.05, 0) is 127 Å². The van der Waals surface area contributed by atoms with Gasteiger partial charge in [0.2, 0.25) is 11.8 Å². The number of hydrogen-bond donors (Lipinski definition) is 7. The minimum atomic E-state index is -1.09. The van der Waals surface area contributed by atoms with Gasteiger partial charge in [-0.1, -0.05) is 94.6 Å². The largest absolute Gasteiger partial charge is 0.449 e. The third-order valence-electron chi connectivity index (χ3n) is 22.2. The number of carbonyl (C=O) groups excluding carboxylic acids is 6. The summed E-state index contributed by atoms with van der Waals surface area (Å²) < 4.78 is 72.3. The lowest BCUT2D eigenvalue weighted by atomic mass is 9.81. The molecular weight excluding hydrogens is 1270 g/mol. The Morgan fingerprint density at radius 3 is 2.15 bits per heavy atom. The second-order valence-corrected chi connectivity index (χ2v) is 29.4. The van der Waals surface area contributed by atoms with Crippen molar-refractivity contribution in [2.75, 3.05) is 32.1 Å². The van der Waals surface area contributed by atoms with Crippen molar-refractivity contribution in [1.29, 1.82) is 0 Å². The first-order valence-corrected chi connectivity index (χ1v) is 35.9. The Kier molecular flexibility index (Phi) is 21.9. The summed E-state index contributed by atoms with van der Waals surface area (Å²) in [5.74, 6) is -2.79. The Morgan fingerprint density at radius 2 is 1.40 bits per heavy atom. The Morgan fingerprint density at radius 1 is 0.697 bits per heavy atom. The van der Waals surface area contributed by atoms with Gasteiger partial charge in [0.05, 0.1) is 67.1 Å². The van der Waals surface area contributed by atoms with E-state index in [4.69, 9.17) is 57.8 Å². The summed E-state index contributed by atoms with van der Waals surface area (Å²) >= 11 is 0. The SMILES string of the molecule is C=C1C[C@@H]2CC[C@@]34C[C@H]5OC6C(O[C@H]7CC[C@H](CC(=O)C[C@@H]8[C@@H](OC)[C@@H](C[C@H](O)CNC(=O)OCc9ccc(NC(=O)[C@H](CCCCNC(N)=O)NC(=O)[C@@H](NC(=O)OCC%10c%11ccccc%11-c%11ccccc%11%10)C(C)C)cc9)O[C@H]8C[C@H]8O[C@@H](CC[C@@H]1O2)C[C@@H](C)C8=C)O[C@@H]7[C@@H]6O3)[C@H]5O4. The molecule has 14 rings (SSSR count). The Labute approximate surface area is 578 Å². The zero-order valence-electron chi connectivity index (χ0n) is 57.2. The number of methoxy groups -OCH3 is 1. The van der Waals surface area contributed by atoms with Crippen LogP contribution in [0.15, 0.2) is 97.1 Å². The molecule has 2 unspecified atom stereocenters. The van der Waals surface area contributed by atoms with Crippen LogP contribution in [0.4, 0.5) is 20.1 Å². The second kappa shape index (κ2) is 30.8. The number of alkyl carbamates (subject to hydrolysis) is 2. The highest BCUT2D eigenvalue weighted by Crippen LogP contribution is 2.55. The number of benzene rings is 3. The summed E-state index contributed by atoms with van der Waals surface area (Å²) in [4.78, 5) is 80.6. The Hall–Kier alpha value is -6.84. The average Bonchev–Trinajstić information content (AvgIpc) is 1.55. The molecule has 0 aromatic heterocycles. The molecule has 6 amide bonds. The van der Waals surface area contributed by atoms with Crippen LogP contribution in [-0.4, -0.2) is 183 Å². The first kappa shape index (κ1) is 70.6. The molecule has 8 N–H and O–H groups in total. The number of amides is 6. The van der Waals surface area contributed by atoms with Crippen LogP contribution in [0.5, 0.6) is 0 Å². The summed E-state index contributed by atoms with van der Waals surface area (Å²) in [6, 6.07) is 19.8. The van der Waals surface area contributed by atoms with Gasteiger partial charge in [-0.25, -0.2) is 14.4 Å². The molecule has 3 aromatic carbocycles. The molecule has 10 aliphatic heterocycles. The maximum atomic E-state index is 14.6. The molecule has 12 bridgehead atoms. The van der Waals surface area contributed by atoms with Crippen LogP contribution >= 0.6 is 0 Å². The number of urea groups is 1. The van der Waals surface area contributed by atoms with Crippen LogP contribution in [0, 0.1) is 17.8 Å². The Balaban J connectivity index is 0.608. The van der Waals surface area contributed by atoms with Gasteiger partial charge in [-0.2, -0.15) is 0 Å². The number of unbranched alkanes of at least 4 members (excludes halogenated alkanes) is 1. The predicted molar refractivity (Wildman–Crippen MR) is 361 cm³/mol. The molecule has 21 atom stereocenters. The van der Waals surface area contributed by atoms with Gasteiger partial charge in [0.25, 0.3) is 0 Å². The third-order valence-corrected chi connectivity index (χ3v) is 22.2. The van der Waals surface area contributed by atoms with E-state index in [1.165, 1.54) is 0 Å². The average molecular weight is 1370 g/mol. The van der Waals surface area contributed by atoms with Gasteiger partial charge in [-0.15, -0.1) is 0 Å². The molecule has 10 saturated heterocycles. The van der Waals surface area contributed by atoms with Crippen molar-refractivity contribution >= 4 is 41.5 Å². The quantitative estimate of drug-likeness (QED) is 0.0414. The topological polar surface area (TPSA) is 310 Å². The van der Waals surface area contributed by atoms with Crippen LogP contribution < -0.4 is 32.3 Å². The van der Waals surface area contributed by atoms with Crippen molar-refractivity contribution in [1.82, 2.24) is 21.3 Å². The van der Waals surface area contributed by atoms with E-state index in [0.29, 0.717) is 56.2 Å². The molecule has 3 aromatic rings. The molecule has 24 nitrogen and oxygen atoms in total. The number of aliphatic hydroxyl groups is 1. The lowest BCUT2D eigenvalue weighted by Crippen LogP contribution is -2.61. The third kappa shape index (κ3) is 15.9. The number of aliphatic hydroxyl groups excluding tert-OH is 1. The van der Waals surface area contributed by atoms with Crippen molar-refractivity contribution in [3.63, 3.8) is 0 Å². The first-order chi connectivity index (χ1) is 47.7. The number of fused-ring (bicyclic) bond motifs is 9. The number of hydrogen-bond acceptors (Lipinski definition) is 18. The van der Waals surface area contributed by atoms with Gasteiger partial charge < -0.3 is 89.5 Å². The number of nitrogens with two attached hydrogens (primary N) is 1. The number of ketones is 1. The van der Waals surface area contributed by atoms with E-state index in [1.807, 2.05) is 48.5 Å². The number of anilines is 1. The van der Waals surface area contributed by atoms with Crippen LogP contribution in [0.3, 0.4) is 0 Å². The lowest BCUT2D eigenvalue weighted by Gasteiger charge is -2.47. The molecule has 1 spiro atoms. The van der Waals surface area contributed by atoms with Crippen LogP contribution in [0.25, 0.3) is 11.1 Å². The molecule has 0 radical (unpaired) electrons. The van der Waals surface area contributed by atoms with Crippen LogP contribution in [0.2, 0.25) is 0 Å². The van der Waals surface area contributed by atoms with Crippen molar-refractivity contribution < 1.29 is 86.0 Å². The van der Waals surface area contributed by atoms with Crippen molar-refractivity contribution in [2.45, 2.75) is 252 Å². The van der Waals surface area contributed by atoms with Gasteiger partial charge in [0.1, 0.15) is 61.6 Å². The van der Waals surface area contributed by atoms with Crippen LogP contribution in [-0.2, 0) is 73.1 Å². The fourth-order valence-electron chi connectivity index (χ4n) is 17.1. The standard InChI is InChI=1S/C75H98N6O18/c1-39(2)63(81-74(88)91-38-55-52-15-9-7-13-50(52)51-14-8-10-16-53(51)55)71(85)80-56(17-11-12-28-77-72(76)86)70(84)79-44-20-18-43(19-21-44)37-90-73(87)78-36-46(83)33-61-64(89-6)54-32-45(82)31-48-23-25-58-65(94-48)69-68-67(96-58)66-62(97-68)35-75(98-66,99-69)27-26-49-30-41(4)57(92-49)24-22-47-29-40(3)42(5)59(93-47)34-60(54)95-61/h7-10,13-16,18-21,39-40,46-49,54-69,83H,4-5,11-12,17,22-38H2,1-3,6H3,(H,78,87)(H,79,84)(H,80,85)(H,81,88)(H3,76,77,86)/t40-,46+,47+,48-,49+,54+,56+,57+,58+,59-,60+,61-,62-,63+,64-,65+,66+,67?,68?,69+,75+/m1/s1. The van der Waals surface area contributed by atoms with Gasteiger partial charge in [0, 0.05) is 76.2 Å². The maximum Gasteiger partial charge on any atom is 0.407 e. The van der Waals surface area contributed by atoms with E-state index in [9.17, 15) is 33.9 Å². The highest BCUT2D eigenvalue weighted by Gasteiger charge is 2.69. The van der Waals surface area contributed by atoms with Gasteiger partial charge in [0.15, 0.2) is 5.79 Å². The van der Waals surface area contributed by atoms with E-state index in [0.717, 1.165) is 65.5 Å². The second-order valence-electron chi connectivity index (χ2n) is 29.4. The van der Waals surface area contributed by atoms with E-state index >= 15 is 0 Å². The number of nitrogens with one attached hydrogen (secondary N) is 5. The normalized spacial score (nSPS) is 33.8. The minimum Gasteiger partial charge on any atom is -0.449 e. The van der Waals surface area contributed by atoms with Crippen molar-refractivity contribution in [3.8, 4) is 11.1 Å². The number of rotatable bonds is 20. The van der Waals surface area contributed by atoms with E-state index in [1.54, 1.807) is 45.2 Å². The maximum absolute atomic E-state index is 14.6. The molecule has 24 heteroatoms. The summed E-state index contributed by atoms with van der Waals surface area (Å²) in [5.41, 5.74) is 12.6. The zero-order valence-corrected chi connectivity index (χ0v) is 57.2. The van der Waals surface area contributed by atoms with E-state index < -0.39 is 90.4 Å². The summed E-state index contributed by atoms with van der Waals surface area (Å²) in [6.07, 6.45) is 0.953. The fraction of sp³-hybridized carbons (Fsp3) is 0.627. The summed E-state index contributed by atoms with van der Waals surface area (Å²) in [7, 11) is 1.59. The highest BCUT2D eigenvalue weighted by molar-refractivity contribution is 5.98. The van der Waals surface area contributed by atoms with Crippen molar-refractivity contribution in [3.05, 3.63) is 114 Å². The smallest absolute Gasteiger partial charge is 0.407 e. The molecule has 10 fully saturated rings. The van der Waals surface area contributed by atoms with E-state index in [2.05, 4.69) is 46.7 Å². The van der Waals surface area contributed by atoms with Crippen LogP contribution in [0.1, 0.15) is 146 Å². The number of Topliss-reactive ketones (excluding diaryl/α,β-unsaturated/α-hetero) is 1. The summed E-state index contributed by atoms with van der Waals surface area (Å²) in [6.45, 7) is 14.7. The number of ether oxygens (including phenoxy) is 11. The molecule has 99 heavy (non-hydrogen) atoms. The molecule has 1 aliphatic carbocycles. The number of primary amides is 1. The molecular formula is C75H98N6O18. The fourth-order valence-corrected chi connectivity index (χ4v) is 17.1. The molecule has 11 aliphatic rings. The zero-order chi connectivity index (χ0) is 69.2. The number of carbonyl (C=O) groups is 6. The summed E-state index contributed by atoms with van der Waals surface area (Å²) in [5, 5.41) is 25.2. The first-order valence-electron chi connectivity index (χ1n) is 35.9. The lowest BCUT2D eigenvalue weighted by molar-refractivity contribution is -0.292. The Bertz CT molecular complexity index is 3400.